The number of alkyl carbamates (subject to hydrolysis) is 1. The first-order valence-electron chi connectivity index (χ1n) is 13.0. The van der Waals surface area contributed by atoms with E-state index in [0.29, 0.717) is 47.5 Å². The van der Waals surface area contributed by atoms with E-state index in [9.17, 15) is 14.9 Å². The number of nitriles is 1. The second kappa shape index (κ2) is 10.7. The highest BCUT2D eigenvalue weighted by atomic mass is 16.6. The van der Waals surface area contributed by atoms with Gasteiger partial charge in [0.2, 0.25) is 0 Å². The number of rotatable bonds is 5. The molecule has 2 aromatic carbocycles. The van der Waals surface area contributed by atoms with Gasteiger partial charge in [-0.25, -0.2) is 14.6 Å². The minimum Gasteiger partial charge on any atom is -0.465 e. The summed E-state index contributed by atoms with van der Waals surface area (Å²) in [5.41, 5.74) is 4.72. The van der Waals surface area contributed by atoms with Crippen LogP contribution in [0.25, 0.3) is 33.5 Å². The smallest absolute Gasteiger partial charge is 0.407 e. The number of hydrogen-bond donors (Lipinski definition) is 2. The van der Waals surface area contributed by atoms with Crippen LogP contribution in [0.3, 0.4) is 0 Å². The Morgan fingerprint density at radius 1 is 1.15 bits per heavy atom. The van der Waals surface area contributed by atoms with Crippen LogP contribution in [-0.2, 0) is 9.47 Å². The number of para-hydroxylation sites is 1. The van der Waals surface area contributed by atoms with E-state index < -0.39 is 17.7 Å². The van der Waals surface area contributed by atoms with Gasteiger partial charge in [-0.3, -0.25) is 4.98 Å². The topological polar surface area (TPSA) is 133 Å². The van der Waals surface area contributed by atoms with Gasteiger partial charge in [0.1, 0.15) is 16.9 Å². The molecule has 2 aromatic heterocycles. The number of nitrogens with zero attached hydrogens (tertiary/aromatic N) is 4. The molecule has 1 aliphatic rings. The zero-order valence-electron chi connectivity index (χ0n) is 22.8. The number of imidazole rings is 1. The highest BCUT2D eigenvalue weighted by Crippen LogP contribution is 2.40. The summed E-state index contributed by atoms with van der Waals surface area (Å²) in [7, 11) is 1.34. The molecular weight excluding hydrogens is 508 g/mol. The van der Waals surface area contributed by atoms with Gasteiger partial charge in [-0.15, -0.1) is 0 Å². The molecule has 1 amide bonds. The van der Waals surface area contributed by atoms with Crippen molar-refractivity contribution in [3.63, 3.8) is 0 Å². The molecular formula is C30H30N6O4. The number of aromatic nitrogens is 3. The minimum atomic E-state index is -0.593. The van der Waals surface area contributed by atoms with Crippen molar-refractivity contribution in [2.75, 3.05) is 25.1 Å². The van der Waals surface area contributed by atoms with Crippen LogP contribution in [0.2, 0.25) is 0 Å². The predicted molar refractivity (Wildman–Crippen MR) is 151 cm³/mol. The summed E-state index contributed by atoms with van der Waals surface area (Å²) in [6, 6.07) is 14.7. The van der Waals surface area contributed by atoms with Crippen LogP contribution >= 0.6 is 0 Å². The van der Waals surface area contributed by atoms with Crippen molar-refractivity contribution in [1.82, 2.24) is 20.3 Å². The molecule has 204 valence electrons. The number of esters is 1. The first-order chi connectivity index (χ1) is 19.2. The number of carbonyl (C=O) groups excluding carboxylic acids is 2. The van der Waals surface area contributed by atoms with E-state index in [2.05, 4.69) is 26.3 Å². The van der Waals surface area contributed by atoms with E-state index in [-0.39, 0.29) is 6.04 Å². The molecule has 10 heteroatoms. The number of anilines is 1. The lowest BCUT2D eigenvalue weighted by Gasteiger charge is -2.25. The molecule has 4 aromatic rings. The summed E-state index contributed by atoms with van der Waals surface area (Å²) in [6.07, 6.45) is 3.76. The third-order valence-electron chi connectivity index (χ3n) is 6.62. The van der Waals surface area contributed by atoms with Gasteiger partial charge >= 0.3 is 12.1 Å². The van der Waals surface area contributed by atoms with Crippen molar-refractivity contribution in [1.29, 1.82) is 5.26 Å². The van der Waals surface area contributed by atoms with Crippen molar-refractivity contribution in [2.24, 2.45) is 0 Å². The molecule has 5 rings (SSSR count). The lowest BCUT2D eigenvalue weighted by atomic mass is 10.00. The number of benzene rings is 2. The molecule has 1 saturated heterocycles. The SMILES string of the molecule is COC(=O)c1cccc2[nH]c(-c3cncc(-c4cccc(C#N)c4)c3N3CC[C@H](NC(=O)OC(C)(C)C)C3)nc12. The molecule has 0 radical (unpaired) electrons. The Hall–Kier alpha value is -4.91. The number of fused-ring (bicyclic) bond motifs is 1. The number of aromatic amines is 1. The maximum atomic E-state index is 12.5. The fourth-order valence-corrected chi connectivity index (χ4v) is 4.93. The number of amides is 1. The Labute approximate surface area is 232 Å². The van der Waals surface area contributed by atoms with Gasteiger partial charge in [0.25, 0.3) is 0 Å². The Morgan fingerprint density at radius 3 is 2.67 bits per heavy atom. The normalized spacial score (nSPS) is 15.1. The zero-order valence-corrected chi connectivity index (χ0v) is 22.8. The van der Waals surface area contributed by atoms with Gasteiger partial charge in [-0.05, 0) is 57.0 Å². The van der Waals surface area contributed by atoms with E-state index >= 15 is 0 Å². The van der Waals surface area contributed by atoms with Crippen LogP contribution in [0.4, 0.5) is 10.5 Å². The number of carbonyl (C=O) groups is 2. The van der Waals surface area contributed by atoms with E-state index in [0.717, 1.165) is 22.4 Å². The van der Waals surface area contributed by atoms with E-state index in [1.165, 1.54) is 7.11 Å². The highest BCUT2D eigenvalue weighted by Gasteiger charge is 2.30. The lowest BCUT2D eigenvalue weighted by Crippen LogP contribution is -2.40. The Morgan fingerprint density at radius 2 is 1.93 bits per heavy atom. The lowest BCUT2D eigenvalue weighted by molar-refractivity contribution is 0.0508. The third kappa shape index (κ3) is 5.45. The second-order valence-corrected chi connectivity index (χ2v) is 10.6. The maximum Gasteiger partial charge on any atom is 0.407 e. The first-order valence-corrected chi connectivity index (χ1v) is 13.0. The van der Waals surface area contributed by atoms with Gasteiger partial charge in [-0.1, -0.05) is 18.2 Å². The molecule has 0 unspecified atom stereocenters. The van der Waals surface area contributed by atoms with Crippen LogP contribution in [0.5, 0.6) is 0 Å². The number of hydrogen-bond acceptors (Lipinski definition) is 8. The average molecular weight is 539 g/mol. The first kappa shape index (κ1) is 26.7. The summed E-state index contributed by atoms with van der Waals surface area (Å²) in [4.78, 5) is 39.7. The fraction of sp³-hybridized carbons (Fsp3) is 0.300. The Balaban J connectivity index is 1.59. The highest BCUT2D eigenvalue weighted by molar-refractivity contribution is 6.03. The van der Waals surface area contributed by atoms with E-state index in [1.54, 1.807) is 30.6 Å². The van der Waals surface area contributed by atoms with Crippen LogP contribution in [0.1, 0.15) is 43.1 Å². The molecule has 40 heavy (non-hydrogen) atoms. The van der Waals surface area contributed by atoms with Gasteiger partial charge in [0.05, 0.1) is 47.1 Å². The predicted octanol–water partition coefficient (Wildman–Crippen LogP) is 5.05. The number of ether oxygens (including phenoxy) is 2. The molecule has 10 nitrogen and oxygen atoms in total. The molecule has 2 N–H and O–H groups in total. The fourth-order valence-electron chi connectivity index (χ4n) is 4.93. The van der Waals surface area contributed by atoms with Crippen LogP contribution < -0.4 is 10.2 Å². The summed E-state index contributed by atoms with van der Waals surface area (Å²) in [5, 5.41) is 12.5. The second-order valence-electron chi connectivity index (χ2n) is 10.6. The van der Waals surface area contributed by atoms with Gasteiger partial charge < -0.3 is 24.7 Å². The monoisotopic (exact) mass is 538 g/mol. The molecule has 1 atom stereocenters. The summed E-state index contributed by atoms with van der Waals surface area (Å²) >= 11 is 0. The number of nitrogens with one attached hydrogen (secondary N) is 2. The van der Waals surface area contributed by atoms with Crippen molar-refractivity contribution in [3.05, 3.63) is 66.0 Å². The van der Waals surface area contributed by atoms with Gasteiger partial charge in [0.15, 0.2) is 0 Å². The number of H-pyrrole nitrogens is 1. The minimum absolute atomic E-state index is 0.129. The van der Waals surface area contributed by atoms with Gasteiger partial charge in [-0.2, -0.15) is 5.26 Å². The Bertz CT molecular complexity index is 1630. The van der Waals surface area contributed by atoms with Crippen molar-refractivity contribution in [2.45, 2.75) is 38.8 Å². The van der Waals surface area contributed by atoms with Crippen LogP contribution in [0.15, 0.2) is 54.9 Å². The summed E-state index contributed by atoms with van der Waals surface area (Å²) in [6.45, 7) is 6.69. The molecule has 1 aliphatic heterocycles. The summed E-state index contributed by atoms with van der Waals surface area (Å²) in [5.74, 6) is 0.0651. The van der Waals surface area contributed by atoms with E-state index in [1.807, 2.05) is 45.0 Å². The molecule has 0 spiro atoms. The van der Waals surface area contributed by atoms with E-state index in [4.69, 9.17) is 14.5 Å². The molecule has 0 aliphatic carbocycles. The molecule has 0 bridgehead atoms. The maximum absolute atomic E-state index is 12.5. The zero-order chi connectivity index (χ0) is 28.4. The average Bonchev–Trinajstić information content (AvgIpc) is 3.58. The number of pyridine rings is 1. The Kier molecular flexibility index (Phi) is 7.13. The summed E-state index contributed by atoms with van der Waals surface area (Å²) < 4.78 is 10.4. The molecule has 0 saturated carbocycles. The van der Waals surface area contributed by atoms with Crippen LogP contribution in [0, 0.1) is 11.3 Å². The number of methoxy groups -OCH3 is 1. The molecule has 1 fully saturated rings. The van der Waals surface area contributed by atoms with Crippen molar-refractivity contribution < 1.29 is 19.1 Å². The van der Waals surface area contributed by atoms with Crippen LogP contribution in [-0.4, -0.2) is 58.9 Å². The quantitative estimate of drug-likeness (QED) is 0.337. The van der Waals surface area contributed by atoms with Crippen molar-refractivity contribution in [3.8, 4) is 28.6 Å². The van der Waals surface area contributed by atoms with Gasteiger partial charge in [0, 0.05) is 31.0 Å². The third-order valence-corrected chi connectivity index (χ3v) is 6.62. The molecule has 3 heterocycles. The largest absolute Gasteiger partial charge is 0.465 e. The van der Waals surface area contributed by atoms with Crippen molar-refractivity contribution >= 4 is 28.8 Å². The standard InChI is InChI=1S/C30H30N6O4/c1-30(2,3)40-29(38)33-20-11-12-36(17-20)26-22(19-8-5-7-18(13-19)14-31)15-32-16-23(26)27-34-24-10-6-9-21(25(24)35-27)28(37)39-4/h5-10,13,15-16,20H,11-12,17H2,1-4H3,(H,33,38)(H,34,35)/t20-/m0/s1.